The molecule has 2 aliphatic carbocycles. The number of allylic oxidation sites excluding steroid dienone is 5. The summed E-state index contributed by atoms with van der Waals surface area (Å²) in [6.07, 6.45) is 20.7. The molecule has 0 radical (unpaired) electrons. The van der Waals surface area contributed by atoms with Gasteiger partial charge in [0.2, 0.25) is 0 Å². The van der Waals surface area contributed by atoms with Crippen molar-refractivity contribution in [1.82, 2.24) is 0 Å². The summed E-state index contributed by atoms with van der Waals surface area (Å²) in [7, 11) is 0. The number of aliphatic hydroxyl groups excluding tert-OH is 1. The average Bonchev–Trinajstić information content (AvgIpc) is 2.62. The topological polar surface area (TPSA) is 20.2 Å². The second kappa shape index (κ2) is 10.2. The van der Waals surface area contributed by atoms with Crippen molar-refractivity contribution in [2.45, 2.75) is 78.2 Å². The van der Waals surface area contributed by atoms with Crippen molar-refractivity contribution >= 4 is 0 Å². The highest BCUT2D eigenvalue weighted by molar-refractivity contribution is 5.34. The molecule has 0 fully saturated rings. The van der Waals surface area contributed by atoms with Crippen LogP contribution in [0.4, 0.5) is 0 Å². The minimum Gasteiger partial charge on any atom is -0.388 e. The third kappa shape index (κ3) is 5.71. The van der Waals surface area contributed by atoms with Crippen LogP contribution in [-0.2, 0) is 0 Å². The first-order valence-electron chi connectivity index (χ1n) is 10.4. The van der Waals surface area contributed by atoms with E-state index in [0.717, 1.165) is 12.8 Å². The van der Waals surface area contributed by atoms with Gasteiger partial charge in [-0.1, -0.05) is 62.6 Å². The lowest BCUT2D eigenvalue weighted by atomic mass is 9.76. The predicted octanol–water partition coefficient (Wildman–Crippen LogP) is 6.61. The number of aliphatic hydroxyl groups is 1. The normalized spacial score (nSPS) is 27.2. The van der Waals surface area contributed by atoms with Crippen molar-refractivity contribution in [3.8, 4) is 0 Å². The third-order valence-corrected chi connectivity index (χ3v) is 6.19. The lowest BCUT2D eigenvalue weighted by Crippen LogP contribution is -2.25. The predicted molar refractivity (Wildman–Crippen MR) is 109 cm³/mol. The first-order valence-corrected chi connectivity index (χ1v) is 10.4. The van der Waals surface area contributed by atoms with E-state index >= 15 is 0 Å². The molecule has 0 aromatic rings. The van der Waals surface area contributed by atoms with Crippen LogP contribution < -0.4 is 0 Å². The SMILES string of the molecule is C=CC(CCCC)C1C=CC(C(O)C(C)CC2C=CCCC2)=C(C)C1. The highest BCUT2D eigenvalue weighted by Gasteiger charge is 2.26. The van der Waals surface area contributed by atoms with E-state index in [1.165, 1.54) is 49.7 Å². The van der Waals surface area contributed by atoms with Crippen molar-refractivity contribution in [1.29, 1.82) is 0 Å². The van der Waals surface area contributed by atoms with Gasteiger partial charge in [0.05, 0.1) is 6.10 Å². The zero-order valence-electron chi connectivity index (χ0n) is 16.6. The van der Waals surface area contributed by atoms with Crippen molar-refractivity contribution in [2.75, 3.05) is 0 Å². The monoisotopic (exact) mass is 342 g/mol. The summed E-state index contributed by atoms with van der Waals surface area (Å²) in [6, 6.07) is 0. The Kier molecular flexibility index (Phi) is 8.22. The summed E-state index contributed by atoms with van der Waals surface area (Å²) in [4.78, 5) is 0. The highest BCUT2D eigenvalue weighted by Crippen LogP contribution is 2.35. The van der Waals surface area contributed by atoms with Crippen LogP contribution in [0.25, 0.3) is 0 Å². The zero-order chi connectivity index (χ0) is 18.2. The van der Waals surface area contributed by atoms with E-state index in [4.69, 9.17) is 0 Å². The molecule has 0 bridgehead atoms. The smallest absolute Gasteiger partial charge is 0.0815 e. The summed E-state index contributed by atoms with van der Waals surface area (Å²) < 4.78 is 0. The van der Waals surface area contributed by atoms with Crippen LogP contribution >= 0.6 is 0 Å². The van der Waals surface area contributed by atoms with Crippen molar-refractivity contribution in [3.05, 3.63) is 48.1 Å². The molecule has 1 nitrogen and oxygen atoms in total. The van der Waals surface area contributed by atoms with Gasteiger partial charge in [-0.05, 0) is 74.7 Å². The van der Waals surface area contributed by atoms with Crippen LogP contribution in [0.3, 0.4) is 0 Å². The molecule has 2 rings (SSSR count). The fourth-order valence-corrected chi connectivity index (χ4v) is 4.49. The highest BCUT2D eigenvalue weighted by atomic mass is 16.3. The molecule has 140 valence electrons. The van der Waals surface area contributed by atoms with Gasteiger partial charge in [0.25, 0.3) is 0 Å². The lowest BCUT2D eigenvalue weighted by Gasteiger charge is -2.31. The molecule has 0 aromatic carbocycles. The maximum atomic E-state index is 10.9. The van der Waals surface area contributed by atoms with Crippen LogP contribution in [0, 0.1) is 23.7 Å². The zero-order valence-corrected chi connectivity index (χ0v) is 16.6. The van der Waals surface area contributed by atoms with E-state index in [1.54, 1.807) is 0 Å². The lowest BCUT2D eigenvalue weighted by molar-refractivity contribution is 0.137. The summed E-state index contributed by atoms with van der Waals surface area (Å²) in [5, 5.41) is 10.9. The molecule has 0 aromatic heterocycles. The van der Waals surface area contributed by atoms with Crippen LogP contribution in [0.15, 0.2) is 48.1 Å². The van der Waals surface area contributed by atoms with Gasteiger partial charge in [0.1, 0.15) is 0 Å². The molecule has 1 N–H and O–H groups in total. The molecule has 1 heteroatoms. The van der Waals surface area contributed by atoms with Crippen molar-refractivity contribution in [3.63, 3.8) is 0 Å². The second-order valence-electron chi connectivity index (χ2n) is 8.28. The minimum absolute atomic E-state index is 0.314. The Balaban J connectivity index is 1.96. The molecule has 0 saturated heterocycles. The van der Waals surface area contributed by atoms with Gasteiger partial charge < -0.3 is 5.11 Å². The molecular formula is C24H38O. The van der Waals surface area contributed by atoms with Gasteiger partial charge in [-0.2, -0.15) is 0 Å². The van der Waals surface area contributed by atoms with E-state index in [0.29, 0.717) is 23.7 Å². The Labute approximate surface area is 155 Å². The summed E-state index contributed by atoms with van der Waals surface area (Å²) in [5.41, 5.74) is 2.54. The first-order chi connectivity index (χ1) is 12.1. The molecular weight excluding hydrogens is 304 g/mol. The number of hydrogen-bond donors (Lipinski definition) is 1. The Morgan fingerprint density at radius 1 is 1.36 bits per heavy atom. The Morgan fingerprint density at radius 3 is 2.76 bits per heavy atom. The summed E-state index contributed by atoms with van der Waals surface area (Å²) in [6.45, 7) is 10.7. The van der Waals surface area contributed by atoms with E-state index in [2.05, 4.69) is 57.7 Å². The van der Waals surface area contributed by atoms with Gasteiger partial charge in [0.15, 0.2) is 0 Å². The van der Waals surface area contributed by atoms with Gasteiger partial charge in [-0.15, -0.1) is 6.58 Å². The van der Waals surface area contributed by atoms with E-state index < -0.39 is 0 Å². The maximum absolute atomic E-state index is 10.9. The van der Waals surface area contributed by atoms with Gasteiger partial charge >= 0.3 is 0 Å². The van der Waals surface area contributed by atoms with E-state index in [1.807, 2.05) is 0 Å². The van der Waals surface area contributed by atoms with Crippen LogP contribution in [0.2, 0.25) is 0 Å². The minimum atomic E-state index is -0.328. The fraction of sp³-hybridized carbons (Fsp3) is 0.667. The molecule has 5 atom stereocenters. The van der Waals surface area contributed by atoms with Crippen molar-refractivity contribution in [2.24, 2.45) is 23.7 Å². The molecule has 25 heavy (non-hydrogen) atoms. The molecule has 2 aliphatic rings. The van der Waals surface area contributed by atoms with E-state index in [-0.39, 0.29) is 6.10 Å². The van der Waals surface area contributed by atoms with Gasteiger partial charge in [-0.25, -0.2) is 0 Å². The molecule has 0 amide bonds. The Hall–Kier alpha value is -1.08. The standard InChI is InChI=1S/C24H38O/c1-5-7-13-21(6-2)22-14-15-23(18(3)17-22)24(25)19(4)16-20-11-9-8-10-12-20/h6,9,11,14-15,19-22,24-25H,2,5,7-8,10,12-13,16-17H2,1,3-4H3. The summed E-state index contributed by atoms with van der Waals surface area (Å²) in [5.74, 6) is 2.08. The van der Waals surface area contributed by atoms with Crippen molar-refractivity contribution < 1.29 is 5.11 Å². The first kappa shape index (κ1) is 20.2. The maximum Gasteiger partial charge on any atom is 0.0815 e. The second-order valence-corrected chi connectivity index (χ2v) is 8.28. The molecule has 5 unspecified atom stereocenters. The molecule has 0 aliphatic heterocycles. The van der Waals surface area contributed by atoms with Gasteiger partial charge in [0, 0.05) is 0 Å². The quantitative estimate of drug-likeness (QED) is 0.467. The number of unbranched alkanes of at least 4 members (excludes halogenated alkanes) is 1. The molecule has 0 spiro atoms. The van der Waals surface area contributed by atoms with Gasteiger partial charge in [-0.3, -0.25) is 0 Å². The van der Waals surface area contributed by atoms with Crippen LogP contribution in [0.5, 0.6) is 0 Å². The fourth-order valence-electron chi connectivity index (χ4n) is 4.49. The Morgan fingerprint density at radius 2 is 2.16 bits per heavy atom. The van der Waals surface area contributed by atoms with Crippen LogP contribution in [0.1, 0.15) is 72.1 Å². The number of hydrogen-bond acceptors (Lipinski definition) is 1. The number of rotatable bonds is 9. The van der Waals surface area contributed by atoms with Crippen LogP contribution in [-0.4, -0.2) is 11.2 Å². The third-order valence-electron chi connectivity index (χ3n) is 6.19. The molecule has 0 saturated carbocycles. The van der Waals surface area contributed by atoms with E-state index in [9.17, 15) is 5.11 Å². The molecule has 0 heterocycles. The Bertz CT molecular complexity index is 510. The average molecular weight is 343 g/mol. The summed E-state index contributed by atoms with van der Waals surface area (Å²) >= 11 is 0. The largest absolute Gasteiger partial charge is 0.388 e.